The Morgan fingerprint density at radius 3 is 2.28 bits per heavy atom. The summed E-state index contributed by atoms with van der Waals surface area (Å²) in [5.41, 5.74) is 1.84. The van der Waals surface area contributed by atoms with E-state index >= 15 is 0 Å². The Morgan fingerprint density at radius 1 is 1.03 bits per heavy atom. The third-order valence-electron chi connectivity index (χ3n) is 4.00. The molecular weight excluding hydrogens is 435 g/mol. The van der Waals surface area contributed by atoms with Crippen LogP contribution in [0.4, 0.5) is 5.69 Å². The molecule has 2 aromatic carbocycles. The Labute approximate surface area is 185 Å². The van der Waals surface area contributed by atoms with Crippen molar-refractivity contribution in [2.24, 2.45) is 0 Å². The van der Waals surface area contributed by atoms with E-state index in [1.165, 1.54) is 0 Å². The van der Waals surface area contributed by atoms with Gasteiger partial charge in [0.15, 0.2) is 0 Å². The van der Waals surface area contributed by atoms with Gasteiger partial charge in [-0.25, -0.2) is 4.79 Å². The molecule has 2 rings (SSSR count). The molecule has 29 heavy (non-hydrogen) atoms. The van der Waals surface area contributed by atoms with Gasteiger partial charge in [0.2, 0.25) is 9.70 Å². The summed E-state index contributed by atoms with van der Waals surface area (Å²) in [5, 5.41) is 5.66. The number of carbonyl (C=O) groups excluding carboxylic acids is 2. The van der Waals surface area contributed by atoms with Crippen LogP contribution in [0, 0.1) is 0 Å². The van der Waals surface area contributed by atoms with Gasteiger partial charge in [-0.2, -0.15) is 0 Å². The van der Waals surface area contributed by atoms with Crippen LogP contribution in [0.15, 0.2) is 54.6 Å². The second kappa shape index (κ2) is 11.3. The predicted molar refractivity (Wildman–Crippen MR) is 118 cm³/mol. The van der Waals surface area contributed by atoms with Crippen molar-refractivity contribution in [3.05, 3.63) is 65.7 Å². The van der Waals surface area contributed by atoms with E-state index in [0.29, 0.717) is 17.9 Å². The number of amides is 1. The molecule has 156 valence electrons. The van der Waals surface area contributed by atoms with Gasteiger partial charge in [-0.05, 0) is 36.2 Å². The van der Waals surface area contributed by atoms with Crippen molar-refractivity contribution >= 4 is 52.4 Å². The van der Waals surface area contributed by atoms with Crippen LogP contribution < -0.4 is 10.6 Å². The molecule has 0 spiro atoms. The summed E-state index contributed by atoms with van der Waals surface area (Å²) in [6, 6.07) is 15.8. The monoisotopic (exact) mass is 456 g/mol. The van der Waals surface area contributed by atoms with Gasteiger partial charge in [0.25, 0.3) is 0 Å². The number of rotatable bonds is 9. The van der Waals surface area contributed by atoms with Crippen LogP contribution >= 0.6 is 34.8 Å². The minimum absolute atomic E-state index is 0.155. The lowest BCUT2D eigenvalue weighted by Crippen LogP contribution is -2.49. The van der Waals surface area contributed by atoms with Crippen molar-refractivity contribution in [2.75, 3.05) is 11.9 Å². The molecule has 0 unspecified atom stereocenters. The number of alkyl halides is 3. The van der Waals surface area contributed by atoms with Crippen molar-refractivity contribution in [1.82, 2.24) is 5.32 Å². The van der Waals surface area contributed by atoms with E-state index in [-0.39, 0.29) is 18.3 Å². The Hall–Kier alpha value is -1.95. The minimum Gasteiger partial charge on any atom is -0.462 e. The highest BCUT2D eigenvalue weighted by Crippen LogP contribution is 2.31. The van der Waals surface area contributed by atoms with Crippen LogP contribution in [0.25, 0.3) is 0 Å². The second-order valence-corrected chi connectivity index (χ2v) is 8.78. The molecule has 0 radical (unpaired) electrons. The molecule has 0 aliphatic rings. The van der Waals surface area contributed by atoms with Gasteiger partial charge in [-0.1, -0.05) is 78.5 Å². The van der Waals surface area contributed by atoms with Gasteiger partial charge in [0.1, 0.15) is 6.17 Å². The fourth-order valence-corrected chi connectivity index (χ4v) is 2.78. The molecule has 0 saturated heterocycles. The lowest BCUT2D eigenvalue weighted by atomic mass is 10.1. The molecule has 0 aliphatic carbocycles. The molecule has 5 nitrogen and oxygen atoms in total. The Balaban J connectivity index is 1.99. The fourth-order valence-electron chi connectivity index (χ4n) is 2.45. The quantitative estimate of drug-likeness (QED) is 0.238. The predicted octanol–water partition coefficient (Wildman–Crippen LogP) is 5.11. The van der Waals surface area contributed by atoms with Crippen molar-refractivity contribution in [2.45, 2.75) is 36.1 Å². The van der Waals surface area contributed by atoms with Crippen LogP contribution in [0.2, 0.25) is 0 Å². The van der Waals surface area contributed by atoms with Crippen molar-refractivity contribution < 1.29 is 14.3 Å². The zero-order chi connectivity index (χ0) is 21.3. The van der Waals surface area contributed by atoms with Gasteiger partial charge >= 0.3 is 5.97 Å². The van der Waals surface area contributed by atoms with E-state index in [4.69, 9.17) is 39.5 Å². The maximum absolute atomic E-state index is 12.3. The average Bonchev–Trinajstić information content (AvgIpc) is 2.68. The second-order valence-electron chi connectivity index (χ2n) is 6.42. The highest BCUT2D eigenvalue weighted by molar-refractivity contribution is 6.68. The summed E-state index contributed by atoms with van der Waals surface area (Å²) in [7, 11) is 0. The number of ether oxygens (including phenoxy) is 1. The smallest absolute Gasteiger partial charge is 0.338 e. The molecule has 0 heterocycles. The number of unbranched alkanes of at least 4 members (excludes halogenated alkanes) is 1. The molecule has 2 N–H and O–H groups in total. The van der Waals surface area contributed by atoms with Crippen LogP contribution in [-0.4, -0.2) is 28.4 Å². The molecule has 1 atom stereocenters. The number of benzene rings is 2. The fraction of sp³-hybridized carbons (Fsp3) is 0.333. The van der Waals surface area contributed by atoms with Crippen molar-refractivity contribution in [3.63, 3.8) is 0 Å². The van der Waals surface area contributed by atoms with E-state index in [0.717, 1.165) is 18.4 Å². The standard InChI is InChI=1S/C21H23Cl3N2O3/c1-2-3-13-29-19(28)16-9-11-17(12-10-16)25-20(21(22,23)24)26-18(27)14-15-7-5-4-6-8-15/h4-12,20,25H,2-3,13-14H2,1H3,(H,26,27)/t20-/m1/s1. The van der Waals surface area contributed by atoms with Gasteiger partial charge < -0.3 is 15.4 Å². The number of esters is 1. The maximum atomic E-state index is 12.3. The first-order valence-electron chi connectivity index (χ1n) is 9.23. The zero-order valence-electron chi connectivity index (χ0n) is 16.0. The Kier molecular flexibility index (Phi) is 9.08. The topological polar surface area (TPSA) is 67.4 Å². The van der Waals surface area contributed by atoms with Gasteiger partial charge in [0.05, 0.1) is 18.6 Å². The Bertz CT molecular complexity index is 793. The SMILES string of the molecule is CCCCOC(=O)c1ccc(N[C@H](NC(=O)Cc2ccccc2)C(Cl)(Cl)Cl)cc1. The highest BCUT2D eigenvalue weighted by Gasteiger charge is 2.34. The number of hydrogen-bond donors (Lipinski definition) is 2. The molecule has 0 saturated carbocycles. The number of halogens is 3. The van der Waals surface area contributed by atoms with Crippen LogP contribution in [-0.2, 0) is 16.0 Å². The summed E-state index contributed by atoms with van der Waals surface area (Å²) in [4.78, 5) is 24.3. The molecule has 8 heteroatoms. The minimum atomic E-state index is -1.79. The molecule has 0 aromatic heterocycles. The first-order valence-corrected chi connectivity index (χ1v) is 10.4. The summed E-state index contributed by atoms with van der Waals surface area (Å²) >= 11 is 18.1. The van der Waals surface area contributed by atoms with E-state index in [9.17, 15) is 9.59 Å². The summed E-state index contributed by atoms with van der Waals surface area (Å²) in [6.07, 6.45) is 0.956. The highest BCUT2D eigenvalue weighted by atomic mass is 35.6. The third-order valence-corrected chi connectivity index (χ3v) is 4.66. The Morgan fingerprint density at radius 2 is 1.69 bits per heavy atom. The number of carbonyl (C=O) groups is 2. The molecule has 2 aromatic rings. The lowest BCUT2D eigenvalue weighted by Gasteiger charge is -2.27. The number of hydrogen-bond acceptors (Lipinski definition) is 4. The van der Waals surface area contributed by atoms with E-state index in [2.05, 4.69) is 10.6 Å². The summed E-state index contributed by atoms with van der Waals surface area (Å²) in [5.74, 6) is -0.685. The van der Waals surface area contributed by atoms with Gasteiger partial charge in [0, 0.05) is 5.69 Å². The van der Waals surface area contributed by atoms with Gasteiger partial charge in [-0.3, -0.25) is 4.79 Å². The number of nitrogens with one attached hydrogen (secondary N) is 2. The molecule has 0 bridgehead atoms. The maximum Gasteiger partial charge on any atom is 0.338 e. The number of anilines is 1. The largest absolute Gasteiger partial charge is 0.462 e. The van der Waals surface area contributed by atoms with E-state index in [1.54, 1.807) is 24.3 Å². The molecule has 0 aliphatic heterocycles. The normalized spacial score (nSPS) is 12.1. The molecule has 1 amide bonds. The van der Waals surface area contributed by atoms with Crippen LogP contribution in [0.3, 0.4) is 0 Å². The first-order chi connectivity index (χ1) is 13.8. The third kappa shape index (κ3) is 8.13. The van der Waals surface area contributed by atoms with Crippen LogP contribution in [0.1, 0.15) is 35.7 Å². The van der Waals surface area contributed by atoms with Gasteiger partial charge in [-0.15, -0.1) is 0 Å². The summed E-state index contributed by atoms with van der Waals surface area (Å²) < 4.78 is 3.39. The van der Waals surface area contributed by atoms with Crippen molar-refractivity contribution in [1.29, 1.82) is 0 Å². The van der Waals surface area contributed by atoms with E-state index < -0.39 is 9.96 Å². The van der Waals surface area contributed by atoms with Crippen LogP contribution in [0.5, 0.6) is 0 Å². The molecular formula is C21H23Cl3N2O3. The average molecular weight is 458 g/mol. The molecule has 0 fully saturated rings. The first kappa shape index (κ1) is 23.3. The van der Waals surface area contributed by atoms with Crippen molar-refractivity contribution in [3.8, 4) is 0 Å². The lowest BCUT2D eigenvalue weighted by molar-refractivity contribution is -0.120. The summed E-state index contributed by atoms with van der Waals surface area (Å²) in [6.45, 7) is 2.41. The zero-order valence-corrected chi connectivity index (χ0v) is 18.2. The van der Waals surface area contributed by atoms with E-state index in [1.807, 2.05) is 37.3 Å².